The van der Waals surface area contributed by atoms with Crippen LogP contribution in [0.1, 0.15) is 39.5 Å². The minimum Gasteiger partial charge on any atom is -0.388 e. The second-order valence-corrected chi connectivity index (χ2v) is 5.64. The number of allylic oxidation sites excluding steroid dienone is 1. The van der Waals surface area contributed by atoms with E-state index in [1.807, 2.05) is 6.92 Å². The number of ketones is 1. The zero-order valence-corrected chi connectivity index (χ0v) is 12.7. The number of aliphatic hydroxyl groups excluding tert-OH is 2. The lowest BCUT2D eigenvalue weighted by Gasteiger charge is -2.21. The Hall–Kier alpha value is -1.79. The number of cyclic esters (lactones) is 2. The van der Waals surface area contributed by atoms with Gasteiger partial charge in [0.05, 0.1) is 17.3 Å². The van der Waals surface area contributed by atoms with Gasteiger partial charge in [-0.1, -0.05) is 19.4 Å². The Balaban J connectivity index is 2.58. The van der Waals surface area contributed by atoms with Gasteiger partial charge >= 0.3 is 11.9 Å². The average Bonchev–Trinajstić information content (AvgIpc) is 2.75. The van der Waals surface area contributed by atoms with Gasteiger partial charge in [0.15, 0.2) is 5.78 Å². The molecule has 0 radical (unpaired) electrons. The fourth-order valence-electron chi connectivity index (χ4n) is 3.03. The van der Waals surface area contributed by atoms with Crippen LogP contribution in [-0.4, -0.2) is 40.1 Å². The Labute approximate surface area is 128 Å². The number of aliphatic hydroxyl groups is 2. The monoisotopic (exact) mass is 308 g/mol. The Bertz CT molecular complexity index is 571. The summed E-state index contributed by atoms with van der Waals surface area (Å²) in [5, 5.41) is 20.4. The van der Waals surface area contributed by atoms with Crippen molar-refractivity contribution in [1.29, 1.82) is 0 Å². The topological polar surface area (TPSA) is 101 Å². The number of Topliss-reactive ketones (excluding diaryl/α,β-unsaturated/α-hetero) is 1. The van der Waals surface area contributed by atoms with Gasteiger partial charge in [-0.3, -0.25) is 4.79 Å². The summed E-state index contributed by atoms with van der Waals surface area (Å²) in [7, 11) is 0. The molecule has 0 aromatic rings. The van der Waals surface area contributed by atoms with E-state index in [0.29, 0.717) is 18.4 Å². The fraction of sp³-hybridized carbons (Fsp3) is 0.562. The smallest absolute Gasteiger partial charge is 0.342 e. The molecule has 0 fully saturated rings. The molecule has 1 heterocycles. The van der Waals surface area contributed by atoms with Crippen LogP contribution in [0.2, 0.25) is 0 Å². The molecule has 3 atom stereocenters. The van der Waals surface area contributed by atoms with Crippen LogP contribution in [0.4, 0.5) is 0 Å². The van der Waals surface area contributed by atoms with Gasteiger partial charge in [-0.15, -0.1) is 0 Å². The number of carbonyl (C=O) groups excluding carboxylic acids is 3. The van der Waals surface area contributed by atoms with Crippen molar-refractivity contribution >= 4 is 17.7 Å². The van der Waals surface area contributed by atoms with Crippen molar-refractivity contribution in [3.8, 4) is 0 Å². The second-order valence-electron chi connectivity index (χ2n) is 5.64. The maximum atomic E-state index is 12.2. The second kappa shape index (κ2) is 6.54. The van der Waals surface area contributed by atoms with Crippen LogP contribution in [0.25, 0.3) is 0 Å². The van der Waals surface area contributed by atoms with Crippen molar-refractivity contribution in [3.05, 3.63) is 22.8 Å². The molecule has 0 unspecified atom stereocenters. The van der Waals surface area contributed by atoms with Crippen molar-refractivity contribution in [2.24, 2.45) is 5.92 Å². The molecular weight excluding hydrogens is 288 g/mol. The molecule has 0 saturated carbocycles. The number of ether oxygens (including phenoxy) is 1. The minimum atomic E-state index is -1.42. The third-order valence-electron chi connectivity index (χ3n) is 4.23. The van der Waals surface area contributed by atoms with E-state index >= 15 is 0 Å². The summed E-state index contributed by atoms with van der Waals surface area (Å²) in [5.74, 6) is -2.85. The van der Waals surface area contributed by atoms with Crippen molar-refractivity contribution in [3.63, 3.8) is 0 Å². The fourth-order valence-corrected chi connectivity index (χ4v) is 3.03. The maximum Gasteiger partial charge on any atom is 0.342 e. The van der Waals surface area contributed by atoms with Crippen LogP contribution in [0.15, 0.2) is 22.8 Å². The number of carbonyl (C=O) groups is 3. The third-order valence-corrected chi connectivity index (χ3v) is 4.23. The highest BCUT2D eigenvalue weighted by molar-refractivity contribution is 6.13. The third kappa shape index (κ3) is 2.89. The number of esters is 2. The van der Waals surface area contributed by atoms with Crippen molar-refractivity contribution in [2.75, 3.05) is 0 Å². The first-order valence-electron chi connectivity index (χ1n) is 7.44. The zero-order valence-electron chi connectivity index (χ0n) is 12.7. The maximum absolute atomic E-state index is 12.2. The normalized spacial score (nSPS) is 31.7. The summed E-state index contributed by atoms with van der Waals surface area (Å²) in [4.78, 5) is 36.1. The largest absolute Gasteiger partial charge is 0.388 e. The molecule has 6 nitrogen and oxygen atoms in total. The molecule has 2 aliphatic rings. The van der Waals surface area contributed by atoms with Gasteiger partial charge in [0.1, 0.15) is 6.10 Å². The minimum absolute atomic E-state index is 0.0534. The highest BCUT2D eigenvalue weighted by atomic mass is 16.6. The van der Waals surface area contributed by atoms with Crippen LogP contribution in [-0.2, 0) is 19.1 Å². The van der Waals surface area contributed by atoms with E-state index in [1.54, 1.807) is 13.0 Å². The SMILES string of the molecule is C/C=C1\CC2=C(C(=O)OC2=O)[C@@H](CCC)[C@@H](O)C(=O)C[C@H]1O. The van der Waals surface area contributed by atoms with Crippen LogP contribution in [0.3, 0.4) is 0 Å². The summed E-state index contributed by atoms with van der Waals surface area (Å²) < 4.78 is 4.67. The molecule has 2 N–H and O–H groups in total. The Kier molecular flexibility index (Phi) is 4.93. The Morgan fingerprint density at radius 3 is 2.50 bits per heavy atom. The van der Waals surface area contributed by atoms with Gasteiger partial charge in [0.2, 0.25) is 0 Å². The molecule has 22 heavy (non-hydrogen) atoms. The van der Waals surface area contributed by atoms with Crippen molar-refractivity contribution < 1.29 is 29.3 Å². The first kappa shape index (κ1) is 16.6. The lowest BCUT2D eigenvalue weighted by Crippen LogP contribution is -2.34. The summed E-state index contributed by atoms with van der Waals surface area (Å²) in [5.41, 5.74) is 0.697. The summed E-state index contributed by atoms with van der Waals surface area (Å²) >= 11 is 0. The number of rotatable bonds is 2. The van der Waals surface area contributed by atoms with Gasteiger partial charge in [0.25, 0.3) is 0 Å². The lowest BCUT2D eigenvalue weighted by molar-refractivity contribution is -0.151. The van der Waals surface area contributed by atoms with Gasteiger partial charge in [-0.2, -0.15) is 0 Å². The van der Waals surface area contributed by atoms with Crippen molar-refractivity contribution in [2.45, 2.75) is 51.7 Å². The van der Waals surface area contributed by atoms with E-state index in [9.17, 15) is 24.6 Å². The number of hydrogen-bond acceptors (Lipinski definition) is 6. The molecule has 0 saturated heterocycles. The standard InChI is InChI=1S/C16H20O6/c1-3-5-9-13-10(15(20)22-16(13)21)6-8(4-2)11(17)7-12(18)14(9)19/h4,9,11,14,17,19H,3,5-7H2,1-2H3/b8-4+/t9-,11-,14-/m1/s1. The van der Waals surface area contributed by atoms with E-state index in [1.165, 1.54) is 0 Å². The van der Waals surface area contributed by atoms with E-state index in [0.717, 1.165) is 0 Å². The molecule has 120 valence electrons. The van der Waals surface area contributed by atoms with E-state index in [4.69, 9.17) is 0 Å². The lowest BCUT2D eigenvalue weighted by atomic mass is 9.84. The first-order chi connectivity index (χ1) is 10.4. The first-order valence-corrected chi connectivity index (χ1v) is 7.44. The molecule has 1 aliphatic heterocycles. The molecule has 0 bridgehead atoms. The molecule has 6 heteroatoms. The predicted molar refractivity (Wildman–Crippen MR) is 76.5 cm³/mol. The van der Waals surface area contributed by atoms with Crippen molar-refractivity contribution in [1.82, 2.24) is 0 Å². The molecule has 1 aliphatic carbocycles. The Morgan fingerprint density at radius 2 is 1.91 bits per heavy atom. The quantitative estimate of drug-likeness (QED) is 0.445. The highest BCUT2D eigenvalue weighted by Gasteiger charge is 2.43. The predicted octanol–water partition coefficient (Wildman–Crippen LogP) is 0.814. The van der Waals surface area contributed by atoms with Gasteiger partial charge in [0, 0.05) is 18.8 Å². The highest BCUT2D eigenvalue weighted by Crippen LogP contribution is 2.36. The molecule has 0 amide bonds. The molecule has 2 rings (SSSR count). The molecule has 0 aromatic carbocycles. The van der Waals surface area contributed by atoms with Crippen LogP contribution < -0.4 is 0 Å². The van der Waals surface area contributed by atoms with Crippen LogP contribution in [0.5, 0.6) is 0 Å². The zero-order chi connectivity index (χ0) is 16.4. The summed E-state index contributed by atoms with van der Waals surface area (Å²) in [6, 6.07) is 0. The van der Waals surface area contributed by atoms with E-state index in [-0.39, 0.29) is 24.0 Å². The summed E-state index contributed by atoms with van der Waals surface area (Å²) in [6.07, 6.45) is -0.0470. The van der Waals surface area contributed by atoms with Crippen LogP contribution in [0, 0.1) is 5.92 Å². The van der Waals surface area contributed by atoms with Crippen LogP contribution >= 0.6 is 0 Å². The van der Waals surface area contributed by atoms with E-state index in [2.05, 4.69) is 4.74 Å². The molecular formula is C16H20O6. The number of hydrogen-bond donors (Lipinski definition) is 2. The molecule has 0 spiro atoms. The van der Waals surface area contributed by atoms with Gasteiger partial charge in [-0.25, -0.2) is 9.59 Å². The van der Waals surface area contributed by atoms with Gasteiger partial charge in [-0.05, 0) is 18.9 Å². The Morgan fingerprint density at radius 1 is 1.23 bits per heavy atom. The van der Waals surface area contributed by atoms with E-state index < -0.39 is 35.8 Å². The molecule has 0 aromatic heterocycles. The van der Waals surface area contributed by atoms with Gasteiger partial charge < -0.3 is 14.9 Å². The summed E-state index contributed by atoms with van der Waals surface area (Å²) in [6.45, 7) is 3.54. The average molecular weight is 308 g/mol.